The third-order valence-corrected chi connectivity index (χ3v) is 4.99. The highest BCUT2D eigenvalue weighted by atomic mass is 16.2. The summed E-state index contributed by atoms with van der Waals surface area (Å²) in [5.41, 5.74) is 3.63. The Morgan fingerprint density at radius 1 is 1.04 bits per heavy atom. The number of amides is 1. The number of likely N-dealkylation sites (N-methyl/N-ethyl adjacent to an activating group) is 1. The van der Waals surface area contributed by atoms with Crippen LogP contribution in [-0.4, -0.2) is 58.9 Å². The van der Waals surface area contributed by atoms with Crippen molar-refractivity contribution in [3.8, 4) is 0 Å². The molecule has 1 saturated heterocycles. The fraction of sp³-hybridized carbons (Fsp3) is 0.286. The van der Waals surface area contributed by atoms with Gasteiger partial charge >= 0.3 is 0 Å². The molecule has 6 nitrogen and oxygen atoms in total. The van der Waals surface area contributed by atoms with Crippen molar-refractivity contribution in [2.75, 3.05) is 38.5 Å². The smallest absolute Gasteiger partial charge is 0.253 e. The number of nitrogens with zero attached hydrogens (tertiary/aromatic N) is 4. The quantitative estimate of drug-likeness (QED) is 0.777. The fourth-order valence-electron chi connectivity index (χ4n) is 3.28. The Hall–Kier alpha value is -2.99. The van der Waals surface area contributed by atoms with Crippen LogP contribution in [0.15, 0.2) is 48.7 Å². The summed E-state index contributed by atoms with van der Waals surface area (Å²) < 4.78 is 0. The van der Waals surface area contributed by atoms with Gasteiger partial charge < -0.3 is 15.1 Å². The number of rotatable bonds is 3. The third kappa shape index (κ3) is 3.75. The van der Waals surface area contributed by atoms with E-state index in [0.29, 0.717) is 11.5 Å². The first-order valence-corrected chi connectivity index (χ1v) is 9.17. The lowest BCUT2D eigenvalue weighted by molar-refractivity contribution is 0.0664. The molecular formula is C21H23N5O. The van der Waals surface area contributed by atoms with Crippen molar-refractivity contribution in [3.63, 3.8) is 0 Å². The van der Waals surface area contributed by atoms with E-state index in [1.807, 2.05) is 60.5 Å². The Bertz CT molecular complexity index is 962. The zero-order valence-electron chi connectivity index (χ0n) is 15.6. The molecule has 0 atom stereocenters. The standard InChI is InChI=1S/C21H23N5O/c1-15-4-3-5-17-14-22-21(24-19(15)17)23-18-8-6-16(7-9-18)20(27)26-12-10-25(2)11-13-26/h3-9,14H,10-13H2,1-2H3,(H,22,23,24). The number of hydrogen-bond acceptors (Lipinski definition) is 5. The van der Waals surface area contributed by atoms with Gasteiger partial charge in [0.15, 0.2) is 0 Å². The molecule has 0 bridgehead atoms. The van der Waals surface area contributed by atoms with Crippen LogP contribution < -0.4 is 5.32 Å². The van der Waals surface area contributed by atoms with Crippen LogP contribution in [-0.2, 0) is 0 Å². The Morgan fingerprint density at radius 2 is 1.78 bits per heavy atom. The van der Waals surface area contributed by atoms with E-state index in [4.69, 9.17) is 0 Å². The number of nitrogens with one attached hydrogen (secondary N) is 1. The van der Waals surface area contributed by atoms with Crippen LogP contribution in [0.4, 0.5) is 11.6 Å². The Kier molecular flexibility index (Phi) is 4.73. The molecule has 138 valence electrons. The van der Waals surface area contributed by atoms with Crippen molar-refractivity contribution in [3.05, 3.63) is 59.8 Å². The molecule has 4 rings (SSSR count). The molecular weight excluding hydrogens is 338 g/mol. The maximum Gasteiger partial charge on any atom is 0.253 e. The van der Waals surface area contributed by atoms with Crippen LogP contribution in [0.1, 0.15) is 15.9 Å². The Labute approximate surface area is 158 Å². The van der Waals surface area contributed by atoms with E-state index in [0.717, 1.165) is 48.3 Å². The minimum absolute atomic E-state index is 0.0900. The molecule has 0 radical (unpaired) electrons. The fourth-order valence-corrected chi connectivity index (χ4v) is 3.28. The lowest BCUT2D eigenvalue weighted by Crippen LogP contribution is -2.47. The van der Waals surface area contributed by atoms with Crippen LogP contribution in [0.25, 0.3) is 10.9 Å². The topological polar surface area (TPSA) is 61.4 Å². The summed E-state index contributed by atoms with van der Waals surface area (Å²) in [5, 5.41) is 4.24. The summed E-state index contributed by atoms with van der Waals surface area (Å²) in [6.45, 7) is 5.44. The molecule has 0 spiro atoms. The predicted octanol–water partition coefficient (Wildman–Crippen LogP) is 3.07. The van der Waals surface area contributed by atoms with Crippen molar-refractivity contribution in [2.45, 2.75) is 6.92 Å². The number of aromatic nitrogens is 2. The van der Waals surface area contributed by atoms with Crippen molar-refractivity contribution in [1.29, 1.82) is 0 Å². The minimum Gasteiger partial charge on any atom is -0.336 e. The van der Waals surface area contributed by atoms with Gasteiger partial charge in [-0.2, -0.15) is 0 Å². The summed E-state index contributed by atoms with van der Waals surface area (Å²) in [4.78, 5) is 25.8. The molecule has 2 heterocycles. The number of anilines is 2. The zero-order chi connectivity index (χ0) is 18.8. The number of aryl methyl sites for hydroxylation is 1. The second-order valence-electron chi connectivity index (χ2n) is 7.00. The van der Waals surface area contributed by atoms with Crippen molar-refractivity contribution >= 4 is 28.4 Å². The number of carbonyl (C=O) groups is 1. The second-order valence-corrected chi connectivity index (χ2v) is 7.00. The van der Waals surface area contributed by atoms with Crippen LogP contribution >= 0.6 is 0 Å². The summed E-state index contributed by atoms with van der Waals surface area (Å²) in [5.74, 6) is 0.641. The number of para-hydroxylation sites is 1. The number of benzene rings is 2. The van der Waals surface area contributed by atoms with Gasteiger partial charge in [-0.15, -0.1) is 0 Å². The molecule has 6 heteroatoms. The molecule has 1 aliphatic rings. The molecule has 1 fully saturated rings. The average Bonchev–Trinajstić information content (AvgIpc) is 2.69. The van der Waals surface area contributed by atoms with Gasteiger partial charge in [-0.3, -0.25) is 4.79 Å². The summed E-state index contributed by atoms with van der Waals surface area (Å²) in [6, 6.07) is 13.6. The van der Waals surface area contributed by atoms with E-state index in [9.17, 15) is 4.79 Å². The molecule has 0 saturated carbocycles. The zero-order valence-corrected chi connectivity index (χ0v) is 15.6. The van der Waals surface area contributed by atoms with Crippen molar-refractivity contribution in [2.24, 2.45) is 0 Å². The summed E-state index contributed by atoms with van der Waals surface area (Å²) in [7, 11) is 2.08. The normalized spacial score (nSPS) is 15.1. The third-order valence-electron chi connectivity index (χ3n) is 4.99. The van der Waals surface area contributed by atoms with Crippen molar-refractivity contribution < 1.29 is 4.79 Å². The van der Waals surface area contributed by atoms with Gasteiger partial charge in [-0.1, -0.05) is 18.2 Å². The summed E-state index contributed by atoms with van der Waals surface area (Å²) >= 11 is 0. The van der Waals surface area contributed by atoms with Gasteiger partial charge in [0.1, 0.15) is 0 Å². The molecule has 1 aromatic heterocycles. The lowest BCUT2D eigenvalue weighted by Gasteiger charge is -2.32. The SMILES string of the molecule is Cc1cccc2cnc(Nc3ccc(C(=O)N4CCN(C)CC4)cc3)nc12. The first-order valence-electron chi connectivity index (χ1n) is 9.17. The largest absolute Gasteiger partial charge is 0.336 e. The molecule has 27 heavy (non-hydrogen) atoms. The number of fused-ring (bicyclic) bond motifs is 1. The van der Waals surface area contributed by atoms with Crippen LogP contribution in [0.3, 0.4) is 0 Å². The molecule has 0 aliphatic carbocycles. The maximum absolute atomic E-state index is 12.6. The van der Waals surface area contributed by atoms with Crippen LogP contribution in [0.5, 0.6) is 0 Å². The minimum atomic E-state index is 0.0900. The van der Waals surface area contributed by atoms with E-state index in [2.05, 4.69) is 27.2 Å². The van der Waals surface area contributed by atoms with E-state index < -0.39 is 0 Å². The highest BCUT2D eigenvalue weighted by molar-refractivity contribution is 5.94. The van der Waals surface area contributed by atoms with Crippen LogP contribution in [0.2, 0.25) is 0 Å². The first-order chi connectivity index (χ1) is 13.1. The highest BCUT2D eigenvalue weighted by Gasteiger charge is 2.20. The van der Waals surface area contributed by atoms with Gasteiger partial charge in [0.25, 0.3) is 5.91 Å². The van der Waals surface area contributed by atoms with Gasteiger partial charge in [0.05, 0.1) is 5.52 Å². The lowest BCUT2D eigenvalue weighted by atomic mass is 10.1. The predicted molar refractivity (Wildman–Crippen MR) is 107 cm³/mol. The highest BCUT2D eigenvalue weighted by Crippen LogP contribution is 2.20. The van der Waals surface area contributed by atoms with E-state index in [1.165, 1.54) is 0 Å². The van der Waals surface area contributed by atoms with Gasteiger partial charge in [0.2, 0.25) is 5.95 Å². The Balaban J connectivity index is 1.48. The monoisotopic (exact) mass is 361 g/mol. The summed E-state index contributed by atoms with van der Waals surface area (Å²) in [6.07, 6.45) is 1.82. The van der Waals surface area contributed by atoms with Crippen molar-refractivity contribution in [1.82, 2.24) is 19.8 Å². The van der Waals surface area contributed by atoms with E-state index >= 15 is 0 Å². The molecule has 3 aromatic rings. The Morgan fingerprint density at radius 3 is 2.52 bits per heavy atom. The first kappa shape index (κ1) is 17.4. The molecule has 1 N–H and O–H groups in total. The molecule has 1 aliphatic heterocycles. The molecule has 1 amide bonds. The average molecular weight is 361 g/mol. The van der Waals surface area contributed by atoms with Gasteiger partial charge in [-0.25, -0.2) is 9.97 Å². The van der Waals surface area contributed by atoms with Crippen LogP contribution in [0, 0.1) is 6.92 Å². The number of hydrogen-bond donors (Lipinski definition) is 1. The number of carbonyl (C=O) groups excluding carboxylic acids is 1. The number of piperazine rings is 1. The molecule has 0 unspecified atom stereocenters. The second kappa shape index (κ2) is 7.32. The maximum atomic E-state index is 12.6. The van der Waals surface area contributed by atoms with E-state index in [-0.39, 0.29) is 5.91 Å². The van der Waals surface area contributed by atoms with Gasteiger partial charge in [0, 0.05) is 49.0 Å². The molecule has 2 aromatic carbocycles. The van der Waals surface area contributed by atoms with Gasteiger partial charge in [-0.05, 0) is 43.8 Å². The van der Waals surface area contributed by atoms with E-state index in [1.54, 1.807) is 0 Å².